The van der Waals surface area contributed by atoms with Crippen molar-refractivity contribution in [2.45, 2.75) is 13.0 Å². The number of para-hydroxylation sites is 1. The molecule has 0 aromatic heterocycles. The molecule has 0 aliphatic rings. The highest BCUT2D eigenvalue weighted by molar-refractivity contribution is 7.84. The lowest BCUT2D eigenvalue weighted by molar-refractivity contribution is -0.117. The number of likely N-dealkylation sites (N-methyl/N-ethyl adjacent to an activating group) is 1. The molecule has 5 heteroatoms. The molecular weight excluding hydrogens is 248 g/mol. The molecule has 2 atom stereocenters. The second-order valence-electron chi connectivity index (χ2n) is 4.42. The van der Waals surface area contributed by atoms with Crippen LogP contribution in [0.15, 0.2) is 30.3 Å². The summed E-state index contributed by atoms with van der Waals surface area (Å²) in [5.74, 6) is 0.521. The zero-order valence-corrected chi connectivity index (χ0v) is 11.9. The van der Waals surface area contributed by atoms with Gasteiger partial charge in [0.1, 0.15) is 0 Å². The topological polar surface area (TPSA) is 49.4 Å². The van der Waals surface area contributed by atoms with Gasteiger partial charge in [0.25, 0.3) is 0 Å². The van der Waals surface area contributed by atoms with E-state index in [1.807, 2.05) is 49.2 Å². The monoisotopic (exact) mass is 268 g/mol. The fraction of sp³-hybridized carbons (Fsp3) is 0.462. The molecule has 0 fully saturated rings. The zero-order chi connectivity index (χ0) is 13.5. The van der Waals surface area contributed by atoms with Crippen LogP contribution in [0.4, 0.5) is 5.69 Å². The van der Waals surface area contributed by atoms with Crippen molar-refractivity contribution in [3.63, 3.8) is 0 Å². The molecule has 0 saturated heterocycles. The van der Waals surface area contributed by atoms with Gasteiger partial charge in [-0.1, -0.05) is 18.2 Å². The maximum Gasteiger partial charge on any atom is 0.238 e. The molecule has 0 saturated carbocycles. The van der Waals surface area contributed by atoms with E-state index in [-0.39, 0.29) is 11.9 Å². The Labute approximate surface area is 111 Å². The van der Waals surface area contributed by atoms with Crippen molar-refractivity contribution >= 4 is 22.4 Å². The number of nitrogens with one attached hydrogen (secondary N) is 1. The van der Waals surface area contributed by atoms with E-state index in [9.17, 15) is 9.00 Å². The minimum absolute atomic E-state index is 0.0579. The summed E-state index contributed by atoms with van der Waals surface area (Å²) in [7, 11) is 1.02. The van der Waals surface area contributed by atoms with E-state index in [1.54, 1.807) is 6.26 Å². The Balaban J connectivity index is 2.42. The van der Waals surface area contributed by atoms with Crippen LogP contribution < -0.4 is 5.32 Å². The van der Waals surface area contributed by atoms with Crippen LogP contribution in [0.5, 0.6) is 0 Å². The highest BCUT2D eigenvalue weighted by atomic mass is 32.2. The predicted molar refractivity (Wildman–Crippen MR) is 76.1 cm³/mol. The summed E-state index contributed by atoms with van der Waals surface area (Å²) in [4.78, 5) is 13.7. The van der Waals surface area contributed by atoms with Gasteiger partial charge in [-0.2, -0.15) is 0 Å². The number of carbonyl (C=O) groups excluding carboxylic acids is 1. The van der Waals surface area contributed by atoms with E-state index in [1.165, 1.54) is 0 Å². The van der Waals surface area contributed by atoms with Gasteiger partial charge in [-0.05, 0) is 26.1 Å². The van der Waals surface area contributed by atoms with E-state index < -0.39 is 10.8 Å². The number of anilines is 1. The van der Waals surface area contributed by atoms with Crippen LogP contribution in [0.25, 0.3) is 0 Å². The molecule has 0 radical (unpaired) electrons. The zero-order valence-electron chi connectivity index (χ0n) is 11.1. The molecule has 4 nitrogen and oxygen atoms in total. The van der Waals surface area contributed by atoms with Crippen LogP contribution >= 0.6 is 0 Å². The summed E-state index contributed by atoms with van der Waals surface area (Å²) < 4.78 is 11.1. The smallest absolute Gasteiger partial charge is 0.238 e. The maximum absolute atomic E-state index is 11.8. The molecular formula is C13H20N2O2S. The molecule has 0 bridgehead atoms. The number of hydrogen-bond acceptors (Lipinski definition) is 3. The first-order chi connectivity index (χ1) is 8.49. The lowest BCUT2D eigenvalue weighted by Crippen LogP contribution is -2.39. The lowest BCUT2D eigenvalue weighted by Gasteiger charge is -2.23. The fourth-order valence-electron chi connectivity index (χ4n) is 1.57. The second kappa shape index (κ2) is 7.28. The van der Waals surface area contributed by atoms with Crippen molar-refractivity contribution in [2.75, 3.05) is 30.9 Å². The third-order valence-corrected chi connectivity index (χ3v) is 3.63. The summed E-state index contributed by atoms with van der Waals surface area (Å²) in [6, 6.07) is 9.48. The van der Waals surface area contributed by atoms with Crippen molar-refractivity contribution < 1.29 is 9.00 Å². The fourth-order valence-corrected chi connectivity index (χ4v) is 2.51. The first-order valence-electron chi connectivity index (χ1n) is 5.84. The Hall–Kier alpha value is -1.20. The minimum Gasteiger partial charge on any atom is -0.325 e. The number of nitrogens with zero attached hydrogens (tertiary/aromatic N) is 1. The molecule has 1 aromatic carbocycles. The van der Waals surface area contributed by atoms with E-state index >= 15 is 0 Å². The highest BCUT2D eigenvalue weighted by Crippen LogP contribution is 2.05. The minimum atomic E-state index is -0.842. The number of rotatable bonds is 6. The molecule has 1 N–H and O–H groups in total. The van der Waals surface area contributed by atoms with E-state index in [4.69, 9.17) is 0 Å². The van der Waals surface area contributed by atoms with Crippen molar-refractivity contribution in [2.24, 2.45) is 0 Å². The molecule has 1 rings (SSSR count). The van der Waals surface area contributed by atoms with Gasteiger partial charge in [-0.15, -0.1) is 0 Å². The molecule has 0 unspecified atom stereocenters. The summed E-state index contributed by atoms with van der Waals surface area (Å²) >= 11 is 0. The van der Waals surface area contributed by atoms with Crippen LogP contribution in [-0.4, -0.2) is 46.7 Å². The maximum atomic E-state index is 11.8. The lowest BCUT2D eigenvalue weighted by atomic mass is 10.3. The van der Waals surface area contributed by atoms with Crippen LogP contribution in [0.1, 0.15) is 6.92 Å². The van der Waals surface area contributed by atoms with Gasteiger partial charge in [0.05, 0.1) is 6.54 Å². The summed E-state index contributed by atoms with van der Waals surface area (Å²) in [5.41, 5.74) is 0.794. The van der Waals surface area contributed by atoms with Crippen LogP contribution in [-0.2, 0) is 15.6 Å². The Bertz CT molecular complexity index is 409. The summed E-state index contributed by atoms with van der Waals surface area (Å²) in [5, 5.41) is 2.82. The van der Waals surface area contributed by atoms with Gasteiger partial charge in [-0.3, -0.25) is 13.9 Å². The molecule has 0 aliphatic carbocycles. The molecule has 1 amide bonds. The number of amides is 1. The third kappa shape index (κ3) is 5.42. The van der Waals surface area contributed by atoms with Crippen LogP contribution in [0.2, 0.25) is 0 Å². The summed E-state index contributed by atoms with van der Waals surface area (Å²) in [6.45, 7) is 2.27. The summed E-state index contributed by atoms with van der Waals surface area (Å²) in [6.07, 6.45) is 1.67. The Kier molecular flexibility index (Phi) is 6.01. The largest absolute Gasteiger partial charge is 0.325 e. The van der Waals surface area contributed by atoms with Crippen molar-refractivity contribution in [3.05, 3.63) is 30.3 Å². The molecule has 0 spiro atoms. The highest BCUT2D eigenvalue weighted by Gasteiger charge is 2.14. The van der Waals surface area contributed by atoms with E-state index in [0.717, 1.165) is 5.69 Å². The number of hydrogen-bond donors (Lipinski definition) is 1. The number of benzene rings is 1. The first-order valence-corrected chi connectivity index (χ1v) is 7.57. The van der Waals surface area contributed by atoms with Crippen LogP contribution in [0.3, 0.4) is 0 Å². The van der Waals surface area contributed by atoms with Gasteiger partial charge in [0.2, 0.25) is 5.91 Å². The first kappa shape index (κ1) is 14.9. The van der Waals surface area contributed by atoms with E-state index in [2.05, 4.69) is 5.32 Å². The normalized spacial score (nSPS) is 14.2. The van der Waals surface area contributed by atoms with Gasteiger partial charge in [0.15, 0.2) is 0 Å². The van der Waals surface area contributed by atoms with Gasteiger partial charge >= 0.3 is 0 Å². The van der Waals surface area contributed by atoms with Crippen molar-refractivity contribution in [1.82, 2.24) is 4.90 Å². The molecule has 1 aromatic rings. The number of carbonyl (C=O) groups is 1. The molecule has 100 valence electrons. The van der Waals surface area contributed by atoms with Gasteiger partial charge in [0, 0.05) is 34.5 Å². The Morgan fingerprint density at radius 2 is 2.00 bits per heavy atom. The van der Waals surface area contributed by atoms with E-state index in [0.29, 0.717) is 12.3 Å². The average molecular weight is 268 g/mol. The average Bonchev–Trinajstić information content (AvgIpc) is 2.29. The predicted octanol–water partition coefficient (Wildman–Crippen LogP) is 1.32. The van der Waals surface area contributed by atoms with Gasteiger partial charge in [-0.25, -0.2) is 0 Å². The van der Waals surface area contributed by atoms with Crippen molar-refractivity contribution in [1.29, 1.82) is 0 Å². The third-order valence-electron chi connectivity index (χ3n) is 2.68. The molecule has 0 aliphatic heterocycles. The Morgan fingerprint density at radius 1 is 1.39 bits per heavy atom. The standard InChI is InChI=1S/C13H20N2O2S/c1-11(10-18(3)17)15(2)9-13(16)14-12-7-5-4-6-8-12/h4-8,11H,9-10H2,1-3H3,(H,14,16)/t11-,18+/m0/s1. The van der Waals surface area contributed by atoms with Gasteiger partial charge < -0.3 is 5.32 Å². The molecule has 18 heavy (non-hydrogen) atoms. The van der Waals surface area contributed by atoms with Crippen LogP contribution in [0, 0.1) is 0 Å². The SMILES string of the molecule is C[C@@H](C[S@@](C)=O)N(C)CC(=O)Nc1ccccc1. The molecule has 0 heterocycles. The van der Waals surface area contributed by atoms with Crippen molar-refractivity contribution in [3.8, 4) is 0 Å². The second-order valence-corrected chi connectivity index (χ2v) is 5.90. The quantitative estimate of drug-likeness (QED) is 0.846. The Morgan fingerprint density at radius 3 is 2.56 bits per heavy atom.